The Hall–Kier alpha value is -2.93. The van der Waals surface area contributed by atoms with Gasteiger partial charge < -0.3 is 5.32 Å². The highest BCUT2D eigenvalue weighted by Crippen LogP contribution is 2.29. The van der Waals surface area contributed by atoms with E-state index in [1.807, 2.05) is 30.3 Å². The number of carbonyl (C=O) groups excluding carboxylic acids is 2. The largest absolute Gasteiger partial charge is 0.353 e. The first kappa shape index (κ1) is 18.4. The summed E-state index contributed by atoms with van der Waals surface area (Å²) in [6.07, 6.45) is 3.74. The number of carbonyl (C=O) groups is 2. The van der Waals surface area contributed by atoms with E-state index in [-0.39, 0.29) is 35.1 Å². The molecular formula is C21H18FN3O2S. The van der Waals surface area contributed by atoms with E-state index in [2.05, 4.69) is 10.3 Å². The minimum Gasteiger partial charge on any atom is -0.353 e. The van der Waals surface area contributed by atoms with Gasteiger partial charge in [0.15, 0.2) is 5.17 Å². The zero-order valence-electron chi connectivity index (χ0n) is 15.0. The second-order valence-corrected chi connectivity index (χ2v) is 7.52. The molecular weight excluding hydrogens is 377 g/mol. The highest BCUT2D eigenvalue weighted by Gasteiger charge is 2.32. The molecule has 0 unspecified atom stereocenters. The molecule has 0 spiro atoms. The third kappa shape index (κ3) is 4.31. The highest BCUT2D eigenvalue weighted by molar-refractivity contribution is 8.14. The second-order valence-electron chi connectivity index (χ2n) is 6.58. The summed E-state index contributed by atoms with van der Waals surface area (Å²) in [6.45, 7) is 0. The molecule has 2 aliphatic rings. The van der Waals surface area contributed by atoms with Crippen molar-refractivity contribution in [1.29, 1.82) is 0 Å². The predicted molar refractivity (Wildman–Crippen MR) is 109 cm³/mol. The van der Waals surface area contributed by atoms with E-state index >= 15 is 0 Å². The lowest BCUT2D eigenvalue weighted by molar-refractivity contribution is -0.118. The fourth-order valence-corrected chi connectivity index (χ4v) is 3.57. The van der Waals surface area contributed by atoms with Crippen LogP contribution in [0.1, 0.15) is 18.4 Å². The van der Waals surface area contributed by atoms with Crippen molar-refractivity contribution in [2.45, 2.75) is 18.9 Å². The summed E-state index contributed by atoms with van der Waals surface area (Å²) in [7, 11) is 0. The fourth-order valence-electron chi connectivity index (χ4n) is 2.75. The fraction of sp³-hybridized carbons (Fsp3) is 0.190. The van der Waals surface area contributed by atoms with Crippen molar-refractivity contribution in [2.75, 3.05) is 10.7 Å². The van der Waals surface area contributed by atoms with E-state index in [1.165, 1.54) is 40.9 Å². The SMILES string of the molecule is O=C(CSC1=N/C(=C/c2ccccc2)C(=O)N1c1ccc(F)cc1)NC1CC1. The van der Waals surface area contributed by atoms with Crippen LogP contribution in [0.5, 0.6) is 0 Å². The molecule has 5 nitrogen and oxygen atoms in total. The number of hydrogen-bond acceptors (Lipinski definition) is 4. The molecule has 1 fully saturated rings. The van der Waals surface area contributed by atoms with Crippen molar-refractivity contribution >= 4 is 40.5 Å². The molecule has 0 atom stereocenters. The Morgan fingerprint density at radius 1 is 1.18 bits per heavy atom. The molecule has 2 aromatic carbocycles. The molecule has 1 heterocycles. The molecule has 142 valence electrons. The molecule has 1 N–H and O–H groups in total. The minimum atomic E-state index is -0.384. The quantitative estimate of drug-likeness (QED) is 0.787. The Kier molecular flexibility index (Phi) is 5.25. The number of anilines is 1. The molecule has 2 amide bonds. The first-order valence-electron chi connectivity index (χ1n) is 8.98. The molecule has 0 aromatic heterocycles. The van der Waals surface area contributed by atoms with E-state index in [0.717, 1.165) is 18.4 Å². The molecule has 0 saturated heterocycles. The lowest BCUT2D eigenvalue weighted by Crippen LogP contribution is -2.32. The maximum atomic E-state index is 13.3. The van der Waals surface area contributed by atoms with Crippen LogP contribution in [0.3, 0.4) is 0 Å². The highest BCUT2D eigenvalue weighted by atomic mass is 32.2. The van der Waals surface area contributed by atoms with Crippen molar-refractivity contribution in [3.05, 3.63) is 71.7 Å². The Labute approximate surface area is 166 Å². The number of amidine groups is 1. The number of nitrogens with zero attached hydrogens (tertiary/aromatic N) is 2. The lowest BCUT2D eigenvalue weighted by Gasteiger charge is -2.17. The van der Waals surface area contributed by atoms with Crippen molar-refractivity contribution < 1.29 is 14.0 Å². The number of thioether (sulfide) groups is 1. The molecule has 1 saturated carbocycles. The third-order valence-corrected chi connectivity index (χ3v) is 5.23. The Morgan fingerprint density at radius 3 is 2.57 bits per heavy atom. The van der Waals surface area contributed by atoms with Gasteiger partial charge in [0.25, 0.3) is 5.91 Å². The van der Waals surface area contributed by atoms with E-state index in [4.69, 9.17) is 0 Å². The van der Waals surface area contributed by atoms with E-state index in [9.17, 15) is 14.0 Å². The van der Waals surface area contributed by atoms with Crippen molar-refractivity contribution in [1.82, 2.24) is 5.32 Å². The molecule has 1 aliphatic carbocycles. The molecule has 0 radical (unpaired) electrons. The Morgan fingerprint density at radius 2 is 1.89 bits per heavy atom. The van der Waals surface area contributed by atoms with Gasteiger partial charge in [-0.05, 0) is 48.7 Å². The topological polar surface area (TPSA) is 61.8 Å². The van der Waals surface area contributed by atoms with Gasteiger partial charge in [-0.2, -0.15) is 0 Å². The molecule has 7 heteroatoms. The smallest absolute Gasteiger partial charge is 0.283 e. The van der Waals surface area contributed by atoms with E-state index in [0.29, 0.717) is 10.9 Å². The van der Waals surface area contributed by atoms with Gasteiger partial charge in [-0.15, -0.1) is 0 Å². The Bertz CT molecular complexity index is 953. The van der Waals surface area contributed by atoms with Crippen LogP contribution in [0, 0.1) is 5.82 Å². The summed E-state index contributed by atoms with van der Waals surface area (Å²) in [5.74, 6) is -0.605. The van der Waals surface area contributed by atoms with Crippen LogP contribution in [-0.4, -0.2) is 28.8 Å². The second kappa shape index (κ2) is 7.98. The monoisotopic (exact) mass is 395 g/mol. The zero-order valence-corrected chi connectivity index (χ0v) is 15.8. The number of nitrogens with one attached hydrogen (secondary N) is 1. The van der Waals surface area contributed by atoms with Crippen LogP contribution in [0.2, 0.25) is 0 Å². The summed E-state index contributed by atoms with van der Waals surface area (Å²) < 4.78 is 13.3. The number of amides is 2. The van der Waals surface area contributed by atoms with Crippen LogP contribution < -0.4 is 10.2 Å². The molecule has 28 heavy (non-hydrogen) atoms. The lowest BCUT2D eigenvalue weighted by atomic mass is 10.2. The normalized spacial score (nSPS) is 17.8. The summed E-state index contributed by atoms with van der Waals surface area (Å²) >= 11 is 1.20. The Balaban J connectivity index is 1.59. The van der Waals surface area contributed by atoms with Gasteiger partial charge in [0, 0.05) is 6.04 Å². The average Bonchev–Trinajstić information content (AvgIpc) is 3.46. The van der Waals surface area contributed by atoms with Crippen LogP contribution in [0.15, 0.2) is 65.3 Å². The third-order valence-electron chi connectivity index (χ3n) is 4.29. The molecule has 1 aliphatic heterocycles. The van der Waals surface area contributed by atoms with Crippen LogP contribution in [0.4, 0.5) is 10.1 Å². The minimum absolute atomic E-state index is 0.0813. The maximum absolute atomic E-state index is 13.3. The van der Waals surface area contributed by atoms with Crippen molar-refractivity contribution in [3.63, 3.8) is 0 Å². The standard InChI is InChI=1S/C21H18FN3O2S/c22-15-6-10-17(11-7-15)25-20(27)18(12-14-4-2-1-3-5-14)24-21(25)28-13-19(26)23-16-8-9-16/h1-7,10-12,16H,8-9,13H2,(H,23,26)/b18-12+. The molecule has 2 aromatic rings. The van der Waals surface area contributed by atoms with Crippen LogP contribution in [-0.2, 0) is 9.59 Å². The number of benzene rings is 2. The number of halogens is 1. The maximum Gasteiger partial charge on any atom is 0.283 e. The van der Waals surface area contributed by atoms with Crippen molar-refractivity contribution in [2.24, 2.45) is 4.99 Å². The van der Waals surface area contributed by atoms with E-state index in [1.54, 1.807) is 6.08 Å². The average molecular weight is 395 g/mol. The van der Waals surface area contributed by atoms with Gasteiger partial charge in [-0.1, -0.05) is 42.1 Å². The van der Waals surface area contributed by atoms with Gasteiger partial charge >= 0.3 is 0 Å². The predicted octanol–water partition coefficient (Wildman–Crippen LogP) is 3.58. The zero-order chi connectivity index (χ0) is 19.5. The first-order chi connectivity index (χ1) is 13.6. The summed E-state index contributed by atoms with van der Waals surface area (Å²) in [4.78, 5) is 30.9. The van der Waals surface area contributed by atoms with Crippen LogP contribution >= 0.6 is 11.8 Å². The number of aliphatic imine (C=N–C) groups is 1. The molecule has 0 bridgehead atoms. The summed E-state index contributed by atoms with van der Waals surface area (Å²) in [5, 5.41) is 3.33. The van der Waals surface area contributed by atoms with Crippen molar-refractivity contribution in [3.8, 4) is 0 Å². The van der Waals surface area contributed by atoms with E-state index < -0.39 is 0 Å². The van der Waals surface area contributed by atoms with Gasteiger partial charge in [0.2, 0.25) is 5.91 Å². The van der Waals surface area contributed by atoms with Gasteiger partial charge in [0.1, 0.15) is 11.5 Å². The van der Waals surface area contributed by atoms with Crippen LogP contribution in [0.25, 0.3) is 6.08 Å². The van der Waals surface area contributed by atoms with Gasteiger partial charge in [0.05, 0.1) is 11.4 Å². The summed E-state index contributed by atoms with van der Waals surface area (Å²) in [5.41, 5.74) is 1.64. The number of hydrogen-bond donors (Lipinski definition) is 1. The molecule has 4 rings (SSSR count). The van der Waals surface area contributed by atoms with Gasteiger partial charge in [-0.3, -0.25) is 14.5 Å². The first-order valence-corrected chi connectivity index (χ1v) is 9.96. The number of rotatable bonds is 5. The summed E-state index contributed by atoms with van der Waals surface area (Å²) in [6, 6.07) is 15.3. The van der Waals surface area contributed by atoms with Gasteiger partial charge in [-0.25, -0.2) is 9.38 Å².